The fraction of sp³-hybridized carbons (Fsp3) is 0.364. The van der Waals surface area contributed by atoms with E-state index < -0.39 is 5.82 Å². The Balaban J connectivity index is 1.93. The van der Waals surface area contributed by atoms with Crippen molar-refractivity contribution in [3.05, 3.63) is 35.8 Å². The Morgan fingerprint density at radius 1 is 1.39 bits per heavy atom. The van der Waals surface area contributed by atoms with Gasteiger partial charge in [0.2, 0.25) is 0 Å². The summed E-state index contributed by atoms with van der Waals surface area (Å²) >= 11 is 0. The number of aliphatic hydroxyl groups is 1. The molecule has 0 aromatic carbocycles. The molecule has 0 aliphatic carbocycles. The van der Waals surface area contributed by atoms with Crippen molar-refractivity contribution in [3.8, 4) is 0 Å². The molecule has 18 heavy (non-hydrogen) atoms. The Labute approximate surface area is 103 Å². The van der Waals surface area contributed by atoms with Gasteiger partial charge in [-0.05, 0) is 6.07 Å². The van der Waals surface area contributed by atoms with E-state index in [1.54, 1.807) is 6.33 Å². The Hall–Kier alpha value is -2.02. The third kappa shape index (κ3) is 1.82. The van der Waals surface area contributed by atoms with Crippen LogP contribution in [0.4, 0.5) is 10.2 Å². The summed E-state index contributed by atoms with van der Waals surface area (Å²) in [4.78, 5) is 6.03. The molecule has 0 bridgehead atoms. The number of hydrogen-bond donors (Lipinski definition) is 1. The van der Waals surface area contributed by atoms with E-state index in [1.165, 1.54) is 6.07 Å². The third-order valence-corrected chi connectivity index (χ3v) is 3.02. The second-order valence-electron chi connectivity index (χ2n) is 4.16. The smallest absolute Gasteiger partial charge is 0.152 e. The zero-order valence-corrected chi connectivity index (χ0v) is 9.62. The molecule has 6 nitrogen and oxygen atoms in total. The fourth-order valence-electron chi connectivity index (χ4n) is 2.12. The minimum atomic E-state index is -0.442. The van der Waals surface area contributed by atoms with Crippen molar-refractivity contribution >= 4 is 5.82 Å². The van der Waals surface area contributed by atoms with E-state index in [0.717, 1.165) is 25.1 Å². The number of halogens is 1. The van der Waals surface area contributed by atoms with Crippen molar-refractivity contribution in [3.63, 3.8) is 0 Å². The largest absolute Gasteiger partial charge is 0.392 e. The zero-order chi connectivity index (χ0) is 12.5. The maximum Gasteiger partial charge on any atom is 0.152 e. The zero-order valence-electron chi connectivity index (χ0n) is 9.62. The minimum Gasteiger partial charge on any atom is -0.392 e. The van der Waals surface area contributed by atoms with Crippen molar-refractivity contribution in [1.29, 1.82) is 0 Å². The molecule has 0 radical (unpaired) electrons. The first-order valence-electron chi connectivity index (χ1n) is 5.65. The van der Waals surface area contributed by atoms with Gasteiger partial charge in [-0.15, -0.1) is 10.2 Å². The number of aliphatic hydroxyl groups excluding tert-OH is 1. The summed E-state index contributed by atoms with van der Waals surface area (Å²) in [5, 5.41) is 17.1. The molecule has 2 aromatic heterocycles. The van der Waals surface area contributed by atoms with Crippen LogP contribution >= 0.6 is 0 Å². The van der Waals surface area contributed by atoms with Gasteiger partial charge < -0.3 is 14.6 Å². The monoisotopic (exact) mass is 249 g/mol. The van der Waals surface area contributed by atoms with Crippen LogP contribution < -0.4 is 4.90 Å². The van der Waals surface area contributed by atoms with Gasteiger partial charge in [0.25, 0.3) is 0 Å². The molecule has 7 heteroatoms. The fourth-order valence-corrected chi connectivity index (χ4v) is 2.12. The van der Waals surface area contributed by atoms with Crippen LogP contribution in [0.25, 0.3) is 0 Å². The summed E-state index contributed by atoms with van der Waals surface area (Å²) < 4.78 is 15.0. The van der Waals surface area contributed by atoms with Crippen LogP contribution in [0.3, 0.4) is 0 Å². The van der Waals surface area contributed by atoms with E-state index in [9.17, 15) is 9.50 Å². The second-order valence-corrected chi connectivity index (χ2v) is 4.16. The van der Waals surface area contributed by atoms with Gasteiger partial charge >= 0.3 is 0 Å². The standard InChI is InChI=1S/C11H12FN5O/c12-9-3-8(6-18)11(13-4-9)16-1-2-17-7-14-15-10(17)5-16/h3-4,7,18H,1-2,5-6H2. The van der Waals surface area contributed by atoms with Crippen LogP contribution in [0.1, 0.15) is 11.4 Å². The Morgan fingerprint density at radius 3 is 3.11 bits per heavy atom. The normalized spacial score (nSPS) is 14.7. The van der Waals surface area contributed by atoms with Crippen LogP contribution in [-0.4, -0.2) is 31.4 Å². The molecule has 3 heterocycles. The lowest BCUT2D eigenvalue weighted by atomic mass is 10.2. The van der Waals surface area contributed by atoms with E-state index in [4.69, 9.17) is 0 Å². The van der Waals surface area contributed by atoms with Crippen LogP contribution in [0.2, 0.25) is 0 Å². The highest BCUT2D eigenvalue weighted by Crippen LogP contribution is 2.22. The molecule has 0 fully saturated rings. The Morgan fingerprint density at radius 2 is 2.28 bits per heavy atom. The molecule has 1 aliphatic rings. The van der Waals surface area contributed by atoms with Crippen LogP contribution in [0.5, 0.6) is 0 Å². The molecule has 3 rings (SSSR count). The SMILES string of the molecule is OCc1cc(F)cnc1N1CCn2cnnc2C1. The van der Waals surface area contributed by atoms with Crippen molar-refractivity contribution in [2.24, 2.45) is 0 Å². The van der Waals surface area contributed by atoms with Gasteiger partial charge in [0.15, 0.2) is 5.82 Å². The molecule has 1 N–H and O–H groups in total. The van der Waals surface area contributed by atoms with Crippen molar-refractivity contribution in [1.82, 2.24) is 19.7 Å². The highest BCUT2D eigenvalue weighted by molar-refractivity contribution is 5.47. The van der Waals surface area contributed by atoms with Crippen LogP contribution in [-0.2, 0) is 19.7 Å². The topological polar surface area (TPSA) is 67.1 Å². The molecule has 2 aromatic rings. The maximum atomic E-state index is 13.1. The lowest BCUT2D eigenvalue weighted by Gasteiger charge is -2.29. The highest BCUT2D eigenvalue weighted by atomic mass is 19.1. The van der Waals surface area contributed by atoms with E-state index in [-0.39, 0.29) is 6.61 Å². The molecule has 0 saturated carbocycles. The summed E-state index contributed by atoms with van der Waals surface area (Å²) in [7, 11) is 0. The first kappa shape index (κ1) is 11.1. The average molecular weight is 249 g/mol. The summed E-state index contributed by atoms with van der Waals surface area (Å²) in [6, 6.07) is 1.31. The predicted octanol–water partition coefficient (Wildman–Crippen LogP) is 0.325. The van der Waals surface area contributed by atoms with Gasteiger partial charge in [0, 0.05) is 18.7 Å². The highest BCUT2D eigenvalue weighted by Gasteiger charge is 2.20. The Kier molecular flexibility index (Phi) is 2.67. The van der Waals surface area contributed by atoms with Gasteiger partial charge in [-0.3, -0.25) is 0 Å². The number of anilines is 1. The van der Waals surface area contributed by atoms with Crippen LogP contribution in [0.15, 0.2) is 18.6 Å². The Bertz CT molecular complexity index is 570. The summed E-state index contributed by atoms with van der Waals surface area (Å²) in [5.74, 6) is 1.01. The molecule has 0 atom stereocenters. The lowest BCUT2D eigenvalue weighted by Crippen LogP contribution is -2.34. The van der Waals surface area contributed by atoms with Gasteiger partial charge in [0.1, 0.15) is 18.0 Å². The first-order chi connectivity index (χ1) is 8.78. The summed E-state index contributed by atoms with van der Waals surface area (Å²) in [6.45, 7) is 1.82. The van der Waals surface area contributed by atoms with Gasteiger partial charge in [0.05, 0.1) is 19.3 Å². The molecular weight excluding hydrogens is 237 g/mol. The van der Waals surface area contributed by atoms with Crippen molar-refractivity contribution in [2.45, 2.75) is 19.7 Å². The molecule has 0 unspecified atom stereocenters. The summed E-state index contributed by atoms with van der Waals surface area (Å²) in [5.41, 5.74) is 0.489. The predicted molar refractivity (Wildman–Crippen MR) is 61.2 cm³/mol. The molecule has 94 valence electrons. The maximum absolute atomic E-state index is 13.1. The van der Waals surface area contributed by atoms with Gasteiger partial charge in [-0.25, -0.2) is 9.37 Å². The number of rotatable bonds is 2. The van der Waals surface area contributed by atoms with Crippen molar-refractivity contribution in [2.75, 3.05) is 11.4 Å². The molecule has 1 aliphatic heterocycles. The number of pyridine rings is 1. The minimum absolute atomic E-state index is 0.233. The van der Waals surface area contributed by atoms with Gasteiger partial charge in [-0.2, -0.15) is 0 Å². The van der Waals surface area contributed by atoms with E-state index in [1.807, 2.05) is 9.47 Å². The first-order valence-corrected chi connectivity index (χ1v) is 5.65. The van der Waals surface area contributed by atoms with Gasteiger partial charge in [-0.1, -0.05) is 0 Å². The molecular formula is C11H12FN5O. The third-order valence-electron chi connectivity index (χ3n) is 3.02. The quantitative estimate of drug-likeness (QED) is 0.830. The number of aromatic nitrogens is 4. The number of fused-ring (bicyclic) bond motifs is 1. The van der Waals surface area contributed by atoms with Crippen molar-refractivity contribution < 1.29 is 9.50 Å². The molecule has 0 amide bonds. The molecule has 0 spiro atoms. The molecule has 0 saturated heterocycles. The average Bonchev–Trinajstić information content (AvgIpc) is 2.85. The summed E-state index contributed by atoms with van der Waals surface area (Å²) in [6.07, 6.45) is 2.85. The number of hydrogen-bond acceptors (Lipinski definition) is 5. The number of nitrogens with zero attached hydrogens (tertiary/aromatic N) is 5. The van der Waals surface area contributed by atoms with E-state index in [0.29, 0.717) is 17.9 Å². The van der Waals surface area contributed by atoms with Crippen LogP contribution in [0, 0.1) is 5.82 Å². The van der Waals surface area contributed by atoms with E-state index in [2.05, 4.69) is 15.2 Å². The van der Waals surface area contributed by atoms with E-state index >= 15 is 0 Å². The second kappa shape index (κ2) is 4.34. The lowest BCUT2D eigenvalue weighted by molar-refractivity contribution is 0.280.